The zero-order valence-electron chi connectivity index (χ0n) is 29.1. The Morgan fingerprint density at radius 3 is 1.50 bits per heavy atom. The summed E-state index contributed by atoms with van der Waals surface area (Å²) in [4.78, 5) is 0. The van der Waals surface area contributed by atoms with Gasteiger partial charge in [0.25, 0.3) is 0 Å². The largest absolute Gasteiger partial charge is 0.456 e. The van der Waals surface area contributed by atoms with Crippen LogP contribution >= 0.6 is 0 Å². The Morgan fingerprint density at radius 1 is 0.259 bits per heavy atom. The van der Waals surface area contributed by atoms with Crippen LogP contribution in [-0.2, 0) is 0 Å². The van der Waals surface area contributed by atoms with Crippen molar-refractivity contribution in [1.82, 2.24) is 0 Å². The first-order valence-corrected chi connectivity index (χ1v) is 18.5. The van der Waals surface area contributed by atoms with Crippen molar-refractivity contribution < 1.29 is 8.83 Å². The molecule has 0 spiro atoms. The molecule has 0 atom stereocenters. The van der Waals surface area contributed by atoms with Crippen molar-refractivity contribution in [2.75, 3.05) is 0 Å². The predicted octanol–water partition coefficient (Wildman–Crippen LogP) is 15.1. The summed E-state index contributed by atoms with van der Waals surface area (Å²) in [6.45, 7) is 0. The number of fused-ring (bicyclic) bond motifs is 11. The molecule has 0 aliphatic rings. The topological polar surface area (TPSA) is 26.3 Å². The second-order valence-corrected chi connectivity index (χ2v) is 14.3. The maximum absolute atomic E-state index is 6.67. The van der Waals surface area contributed by atoms with Gasteiger partial charge in [0.2, 0.25) is 0 Å². The van der Waals surface area contributed by atoms with Gasteiger partial charge in [-0.25, -0.2) is 0 Å². The highest BCUT2D eigenvalue weighted by molar-refractivity contribution is 6.24. The van der Waals surface area contributed by atoms with Crippen molar-refractivity contribution in [3.8, 4) is 33.4 Å². The van der Waals surface area contributed by atoms with Gasteiger partial charge >= 0.3 is 0 Å². The highest BCUT2D eigenvalue weighted by atomic mass is 16.3. The first kappa shape index (κ1) is 29.4. The van der Waals surface area contributed by atoms with Gasteiger partial charge in [0.15, 0.2) is 0 Å². The molecule has 0 N–H and O–H groups in total. The molecule has 12 rings (SSSR count). The monoisotopic (exact) mass is 686 g/mol. The van der Waals surface area contributed by atoms with E-state index in [-0.39, 0.29) is 0 Å². The predicted molar refractivity (Wildman–Crippen MR) is 227 cm³/mol. The van der Waals surface area contributed by atoms with Crippen molar-refractivity contribution in [2.24, 2.45) is 0 Å². The van der Waals surface area contributed by atoms with Gasteiger partial charge in [0.05, 0.1) is 0 Å². The van der Waals surface area contributed by atoms with Gasteiger partial charge in [-0.05, 0) is 95.3 Å². The average Bonchev–Trinajstić information content (AvgIpc) is 3.79. The van der Waals surface area contributed by atoms with Crippen molar-refractivity contribution in [1.29, 1.82) is 0 Å². The SMILES string of the molecule is c1ccc2c(-c3c4ccccc4c(-c4ccc(-c5cc6c7cc8oc9ccccc9c8cc7oc6c6ccccc56)cc4)c4ccccc34)cccc2c1. The Hall–Kier alpha value is -7.16. The molecule has 250 valence electrons. The van der Waals surface area contributed by atoms with Gasteiger partial charge < -0.3 is 8.83 Å². The Balaban J connectivity index is 1.06. The standard InChI is InChI=1S/C52H30O2/c1-2-14-34-31(12-1)13-11-22-37(34)51-40-19-6-4-17-38(40)50(39-18-5-7-20-41(39)51)33-26-24-32(25-27-33)43-28-46-45-30-48-44(36-16-9-10-23-47(36)53-48)29-49(45)54-52(46)42-21-8-3-15-35(42)43/h1-30H. The zero-order chi connectivity index (χ0) is 35.3. The van der Waals surface area contributed by atoms with E-state index in [0.717, 1.165) is 54.8 Å². The fourth-order valence-electron chi connectivity index (χ4n) is 9.04. The van der Waals surface area contributed by atoms with E-state index in [4.69, 9.17) is 8.83 Å². The maximum Gasteiger partial charge on any atom is 0.143 e. The molecule has 0 saturated carbocycles. The van der Waals surface area contributed by atoms with Crippen LogP contribution in [0.3, 0.4) is 0 Å². The highest BCUT2D eigenvalue weighted by Crippen LogP contribution is 2.46. The minimum absolute atomic E-state index is 0.868. The number of hydrogen-bond acceptors (Lipinski definition) is 2. The smallest absolute Gasteiger partial charge is 0.143 e. The van der Waals surface area contributed by atoms with Gasteiger partial charge in [-0.1, -0.05) is 158 Å². The van der Waals surface area contributed by atoms with E-state index in [9.17, 15) is 0 Å². The fraction of sp³-hybridized carbons (Fsp3) is 0. The Bertz CT molecular complexity index is 3430. The minimum atomic E-state index is 0.868. The van der Waals surface area contributed by atoms with Gasteiger partial charge in [0.1, 0.15) is 22.3 Å². The van der Waals surface area contributed by atoms with Gasteiger partial charge in [-0.15, -0.1) is 0 Å². The first-order chi connectivity index (χ1) is 26.8. The molecule has 0 amide bonds. The summed E-state index contributed by atoms with van der Waals surface area (Å²) in [5.74, 6) is 0. The molecule has 0 radical (unpaired) electrons. The molecule has 54 heavy (non-hydrogen) atoms. The van der Waals surface area contributed by atoms with Crippen LogP contribution in [0.1, 0.15) is 0 Å². The van der Waals surface area contributed by atoms with Crippen LogP contribution in [0.2, 0.25) is 0 Å². The molecule has 0 aliphatic carbocycles. The van der Waals surface area contributed by atoms with E-state index in [1.165, 1.54) is 65.5 Å². The van der Waals surface area contributed by atoms with E-state index in [1.807, 2.05) is 12.1 Å². The third-order valence-electron chi connectivity index (χ3n) is 11.5. The number of hydrogen-bond donors (Lipinski definition) is 0. The minimum Gasteiger partial charge on any atom is -0.456 e. The van der Waals surface area contributed by atoms with E-state index in [2.05, 4.69) is 170 Å². The number of benzene rings is 10. The van der Waals surface area contributed by atoms with Crippen molar-refractivity contribution in [3.05, 3.63) is 182 Å². The molecule has 2 heteroatoms. The van der Waals surface area contributed by atoms with Crippen LogP contribution in [-0.4, -0.2) is 0 Å². The molecular formula is C52H30O2. The van der Waals surface area contributed by atoms with Crippen molar-refractivity contribution in [3.63, 3.8) is 0 Å². The van der Waals surface area contributed by atoms with E-state index >= 15 is 0 Å². The molecule has 12 aromatic rings. The summed E-state index contributed by atoms with van der Waals surface area (Å²) >= 11 is 0. The summed E-state index contributed by atoms with van der Waals surface area (Å²) in [6, 6.07) is 65.7. The van der Waals surface area contributed by atoms with Crippen LogP contribution in [0.15, 0.2) is 191 Å². The number of rotatable bonds is 3. The average molecular weight is 687 g/mol. The Morgan fingerprint density at radius 2 is 0.778 bits per heavy atom. The lowest BCUT2D eigenvalue weighted by atomic mass is 9.84. The maximum atomic E-state index is 6.67. The molecule has 0 saturated heterocycles. The van der Waals surface area contributed by atoms with Gasteiger partial charge in [0, 0.05) is 26.9 Å². The summed E-state index contributed by atoms with van der Waals surface area (Å²) in [7, 11) is 0. The van der Waals surface area contributed by atoms with Gasteiger partial charge in [-0.2, -0.15) is 0 Å². The normalized spacial score (nSPS) is 12.1. The number of para-hydroxylation sites is 1. The Kier molecular flexibility index (Phi) is 6.09. The summed E-state index contributed by atoms with van der Waals surface area (Å²) in [6.07, 6.45) is 0. The molecule has 2 nitrogen and oxygen atoms in total. The molecule has 0 fully saturated rings. The second kappa shape index (κ2) is 11.2. The lowest BCUT2D eigenvalue weighted by molar-refractivity contribution is 0.665. The Labute approximate surface area is 310 Å². The summed E-state index contributed by atoms with van der Waals surface area (Å²) < 4.78 is 13.0. The third kappa shape index (κ3) is 4.17. The van der Waals surface area contributed by atoms with E-state index in [0.29, 0.717) is 0 Å². The van der Waals surface area contributed by atoms with Crippen LogP contribution in [0.25, 0.3) is 120 Å². The van der Waals surface area contributed by atoms with E-state index in [1.54, 1.807) is 0 Å². The molecule has 0 bridgehead atoms. The van der Waals surface area contributed by atoms with Gasteiger partial charge in [-0.3, -0.25) is 0 Å². The molecule has 0 aliphatic heterocycles. The fourth-order valence-corrected chi connectivity index (χ4v) is 9.04. The van der Waals surface area contributed by atoms with E-state index < -0.39 is 0 Å². The van der Waals surface area contributed by atoms with Crippen LogP contribution in [0.5, 0.6) is 0 Å². The first-order valence-electron chi connectivity index (χ1n) is 18.5. The lowest BCUT2D eigenvalue weighted by Crippen LogP contribution is -1.91. The molecule has 10 aromatic carbocycles. The summed E-state index contributed by atoms with van der Waals surface area (Å²) in [5.41, 5.74) is 10.9. The quantitative estimate of drug-likeness (QED) is 0.173. The molecule has 2 aromatic heterocycles. The zero-order valence-corrected chi connectivity index (χ0v) is 29.1. The highest BCUT2D eigenvalue weighted by Gasteiger charge is 2.20. The number of furan rings is 2. The second-order valence-electron chi connectivity index (χ2n) is 14.3. The summed E-state index contributed by atoms with van der Waals surface area (Å²) in [5, 5.41) is 14.1. The van der Waals surface area contributed by atoms with Crippen molar-refractivity contribution >= 4 is 87.0 Å². The van der Waals surface area contributed by atoms with Crippen LogP contribution in [0.4, 0.5) is 0 Å². The van der Waals surface area contributed by atoms with Crippen LogP contribution < -0.4 is 0 Å². The van der Waals surface area contributed by atoms with Crippen molar-refractivity contribution in [2.45, 2.75) is 0 Å². The van der Waals surface area contributed by atoms with Crippen LogP contribution in [0, 0.1) is 0 Å². The molecule has 2 heterocycles. The third-order valence-corrected chi connectivity index (χ3v) is 11.5. The molecular weight excluding hydrogens is 657 g/mol. The molecule has 0 unspecified atom stereocenters. The lowest BCUT2D eigenvalue weighted by Gasteiger charge is -2.19.